The summed E-state index contributed by atoms with van der Waals surface area (Å²) in [5, 5.41) is 25.3. The fourth-order valence-corrected chi connectivity index (χ4v) is 20.4. The first-order valence-corrected chi connectivity index (χ1v) is 61.0. The summed E-state index contributed by atoms with van der Waals surface area (Å²) in [6, 6.07) is 26.3. The first-order valence-electron chi connectivity index (χ1n) is 50.4. The third-order valence-electron chi connectivity index (χ3n) is 26.2. The number of aryl methyl sites for hydroxylation is 6. The third kappa shape index (κ3) is 38.4. The number of aromatic nitrogens is 10. The highest BCUT2D eigenvalue weighted by molar-refractivity contribution is 9.11. The number of aliphatic carboxylic acids is 1. The summed E-state index contributed by atoms with van der Waals surface area (Å²) in [7, 11) is -2.28. The lowest BCUT2D eigenvalue weighted by Gasteiger charge is -2.30. The quantitative estimate of drug-likeness (QED) is 0.0178. The second kappa shape index (κ2) is 53.5. The first-order chi connectivity index (χ1) is 65.9. The number of rotatable bonds is 31. The Morgan fingerprint density at radius 1 is 0.493 bits per heavy atom. The van der Waals surface area contributed by atoms with Crippen molar-refractivity contribution in [2.75, 3.05) is 49.2 Å². The second-order valence-corrected chi connectivity index (χ2v) is 59.8. The van der Waals surface area contributed by atoms with Crippen molar-refractivity contribution in [3.63, 3.8) is 0 Å². The van der Waals surface area contributed by atoms with Gasteiger partial charge in [-0.3, -0.25) is 58.9 Å². The molecule has 0 spiro atoms. The lowest BCUT2D eigenvalue weighted by molar-refractivity contribution is -0.166. The maximum atomic E-state index is 13.5. The van der Waals surface area contributed by atoms with Gasteiger partial charge >= 0.3 is 11.9 Å². The van der Waals surface area contributed by atoms with Gasteiger partial charge in [-0.05, 0) is 242 Å². The minimum atomic E-state index is -1.15. The average Bonchev–Trinajstić information content (AvgIpc) is 1.62. The van der Waals surface area contributed by atoms with E-state index in [4.69, 9.17) is 30.1 Å². The highest BCUT2D eigenvalue weighted by Crippen LogP contribution is 2.40. The smallest absolute Gasteiger partial charge is 0.312 e. The SMILES string of the molecule is CC(C)(C)OC(=O)C(C)(C)CCCCCc1cc(Br)ccn1.CC(C)(CCCCCc1cc(Br)ccn1)C(=O)N1Cc2c(N)nn(COCC[Si](C)(C)C)c2C1.CC(C)(CCCCCc1cc(Br)ccn1)C(=O)O.CC1(C)CCCCCc2cc(ccn2)NC2=NCC3=C2CN(C3)C1=O.CC1(C)CCCCCc2cc(ccn2)Nc2nn(COCC[Si](C)(C)C)c3c2CN(C3)C1=O.Cc1cc(Br)ccn1. The monoisotopic (exact) mass is 2210 g/mol. The number of hydrogen-bond donors (Lipinski definition) is 4. The maximum Gasteiger partial charge on any atom is 0.312 e. The van der Waals surface area contributed by atoms with Crippen molar-refractivity contribution >= 4 is 138 Å². The molecule has 0 aliphatic carbocycles. The normalized spacial score (nSPS) is 15.8. The van der Waals surface area contributed by atoms with Crippen LogP contribution in [0, 0.1) is 34.0 Å². The Hall–Kier alpha value is -8.25. The van der Waals surface area contributed by atoms with E-state index in [0.717, 1.165) is 290 Å². The molecule has 0 aromatic carbocycles. The van der Waals surface area contributed by atoms with E-state index in [2.05, 4.69) is 219 Å². The Morgan fingerprint density at radius 2 is 0.936 bits per heavy atom. The molecule has 32 heteroatoms. The van der Waals surface area contributed by atoms with E-state index in [-0.39, 0.29) is 34.5 Å². The molecule has 0 atom stereocenters. The Kier molecular flexibility index (Phi) is 44.1. The molecule has 766 valence electrons. The van der Waals surface area contributed by atoms with Gasteiger partial charge in [-0.25, -0.2) is 9.36 Å². The molecule has 8 aromatic rings. The minimum Gasteiger partial charge on any atom is -0.481 e. The molecular formula is C108H159Br4N17O9Si2. The largest absolute Gasteiger partial charge is 0.481 e. The van der Waals surface area contributed by atoms with E-state index in [1.54, 1.807) is 26.2 Å². The van der Waals surface area contributed by atoms with E-state index >= 15 is 0 Å². The number of hydrogen-bond acceptors (Lipinski definition) is 20. The van der Waals surface area contributed by atoms with Gasteiger partial charge in [0, 0.05) is 176 Å². The Balaban J connectivity index is 0.000000194. The number of nitrogens with two attached hydrogens (primary N) is 1. The average molecular weight is 2220 g/mol. The molecule has 26 nitrogen and oxygen atoms in total. The van der Waals surface area contributed by atoms with Crippen LogP contribution in [-0.2, 0) is 110 Å². The first kappa shape index (κ1) is 115. The van der Waals surface area contributed by atoms with Crippen LogP contribution in [0.1, 0.15) is 275 Å². The van der Waals surface area contributed by atoms with Crippen LogP contribution in [0.5, 0.6) is 0 Å². The molecule has 0 radical (unpaired) electrons. The van der Waals surface area contributed by atoms with Crippen LogP contribution in [-0.4, -0.2) is 159 Å². The number of amidine groups is 1. The zero-order chi connectivity index (χ0) is 102. The molecule has 5 N–H and O–H groups in total. The van der Waals surface area contributed by atoms with Crippen molar-refractivity contribution in [3.8, 4) is 0 Å². The number of nitrogens with one attached hydrogen (secondary N) is 2. The van der Waals surface area contributed by atoms with Gasteiger partial charge in [-0.2, -0.15) is 10.2 Å². The molecule has 6 aliphatic rings. The van der Waals surface area contributed by atoms with E-state index in [0.29, 0.717) is 58.5 Å². The maximum absolute atomic E-state index is 13.5. The van der Waals surface area contributed by atoms with Crippen LogP contribution in [0.25, 0.3) is 0 Å². The molecule has 0 unspecified atom stereocenters. The number of amides is 3. The highest BCUT2D eigenvalue weighted by atomic mass is 79.9. The lowest BCUT2D eigenvalue weighted by Crippen LogP contribution is -2.41. The fourth-order valence-electron chi connectivity index (χ4n) is 17.3. The number of pyridine rings is 6. The number of nitrogens with zero attached hydrogens (tertiary/aromatic N) is 14. The topological polar surface area (TPSA) is 318 Å². The van der Waals surface area contributed by atoms with E-state index in [9.17, 15) is 24.0 Å². The Morgan fingerprint density at radius 3 is 1.39 bits per heavy atom. The van der Waals surface area contributed by atoms with Gasteiger partial charge in [0.05, 0.1) is 54.9 Å². The van der Waals surface area contributed by atoms with Gasteiger partial charge < -0.3 is 50.4 Å². The lowest BCUT2D eigenvalue weighted by atomic mass is 9.85. The standard InChI is InChI=1S/C25H40BrN5O2Si.C25H39N5O2Si.C20H26N4O.C18H28BrNO2.C14H20BrNO2.C6H6BrN/c1-25(2,11-8-6-7-9-20-15-19(26)10-12-28-20)24(32)30-16-21-22(17-30)31(29-23(21)27)18-33-13-14-34(3,4)5;1-25(2)11-8-6-7-9-19-15-20(10-12-26-19)27-23-21-16-29(24(25)31)17-22(21)30(28-23)18-32-13-14-33(3,4)5;1-20(2)8-5-3-4-6-15-10-16(7-9-21-15)23-18-17-13-24(19(20)25)12-14(17)11-22-18;1-17(2,3)22-16(21)18(4,5)11-8-6-7-9-15-13-14(19)10-12-20-15;1-14(2,13(17)18)8-5-3-4-6-12-10-11(15)7-9-16-12;1-5-4-6(7)2-3-8-5/h10,12,15H,6-9,11,13-14,16-18H2,1-5H3,(H2,27,29);10,12,15H,6-9,11,13-14,16-18H2,1-5H3,(H,27,28);7,9-10H,3-6,8,11-13H2,1-2H3,(H,22,23);10,12-13H,6-9,11H2,1-5H3;7,9-10H,3-6,8H2,1-2H3,(H,17,18);2-4H,1H3. The van der Waals surface area contributed by atoms with Crippen molar-refractivity contribution in [1.82, 2.24) is 64.2 Å². The van der Waals surface area contributed by atoms with Crippen molar-refractivity contribution in [2.45, 2.75) is 354 Å². The van der Waals surface area contributed by atoms with Crippen LogP contribution in [0.15, 0.2) is 144 Å². The van der Waals surface area contributed by atoms with Crippen molar-refractivity contribution in [3.05, 3.63) is 196 Å². The summed E-state index contributed by atoms with van der Waals surface area (Å²) < 4.78 is 25.5. The number of nitrogen functional groups attached to an aromatic ring is 1. The second-order valence-electron chi connectivity index (χ2n) is 44.9. The molecule has 6 aliphatic heterocycles. The fraction of sp³-hybridized carbons (Fsp3) is 0.593. The Bertz CT molecular complexity index is 5450. The molecule has 8 bridgehead atoms. The number of fused-ring (bicyclic) bond motifs is 7. The number of aliphatic imine (C=N–C) groups is 1. The van der Waals surface area contributed by atoms with Crippen molar-refractivity contribution in [1.29, 1.82) is 0 Å². The number of carboxylic acids is 1. The van der Waals surface area contributed by atoms with Gasteiger partial charge in [0.2, 0.25) is 17.7 Å². The van der Waals surface area contributed by atoms with Gasteiger partial charge in [-0.1, -0.05) is 209 Å². The number of carbonyl (C=O) groups excluding carboxylic acids is 4. The van der Waals surface area contributed by atoms with Crippen molar-refractivity contribution < 1.29 is 43.3 Å². The molecule has 140 heavy (non-hydrogen) atoms. The van der Waals surface area contributed by atoms with Gasteiger partial charge in [-0.15, -0.1) is 0 Å². The highest BCUT2D eigenvalue weighted by Gasteiger charge is 2.42. The zero-order valence-electron chi connectivity index (χ0n) is 87.3. The van der Waals surface area contributed by atoms with Crippen LogP contribution < -0.4 is 16.4 Å². The van der Waals surface area contributed by atoms with Gasteiger partial charge in [0.15, 0.2) is 11.6 Å². The molecule has 8 aromatic heterocycles. The predicted octanol–water partition coefficient (Wildman–Crippen LogP) is 25.6. The van der Waals surface area contributed by atoms with Crippen LogP contribution >= 0.6 is 63.7 Å². The molecule has 0 saturated carbocycles. The van der Waals surface area contributed by atoms with Gasteiger partial charge in [0.1, 0.15) is 24.9 Å². The summed E-state index contributed by atoms with van der Waals surface area (Å²) in [6.45, 7) is 48.4. The number of halogens is 4. The predicted molar refractivity (Wildman–Crippen MR) is 583 cm³/mol. The number of esters is 1. The number of anilines is 4. The molecule has 0 saturated heterocycles. The van der Waals surface area contributed by atoms with Crippen LogP contribution in [0.3, 0.4) is 0 Å². The molecule has 14 heterocycles. The molecule has 3 amide bonds. The Labute approximate surface area is 870 Å². The molecular weight excluding hydrogens is 2060 g/mol. The summed E-state index contributed by atoms with van der Waals surface area (Å²) >= 11 is 13.7. The third-order valence-corrected chi connectivity index (χ3v) is 31.6. The number of carbonyl (C=O) groups is 5. The number of unbranched alkanes of at least 4 members (excludes halogenated alkanes) is 6. The zero-order valence-corrected chi connectivity index (χ0v) is 95.7. The number of ether oxygens (including phenoxy) is 3. The van der Waals surface area contributed by atoms with E-state index in [1.807, 2.05) is 139 Å². The summed E-state index contributed by atoms with van der Waals surface area (Å²) in [5.74, 6) is 2.13. The summed E-state index contributed by atoms with van der Waals surface area (Å²) in [4.78, 5) is 99.6. The van der Waals surface area contributed by atoms with Crippen LogP contribution in [0.4, 0.5) is 23.0 Å². The van der Waals surface area contributed by atoms with Gasteiger partial charge in [0.25, 0.3) is 0 Å². The number of carboxylic acid groups (broad SMARTS) is 1. The molecule has 14 rings (SSSR count). The minimum absolute atomic E-state index is 0.103. The van der Waals surface area contributed by atoms with E-state index < -0.39 is 44.0 Å². The van der Waals surface area contributed by atoms with Crippen LogP contribution in [0.2, 0.25) is 51.4 Å². The summed E-state index contributed by atoms with van der Waals surface area (Å²) in [5.41, 5.74) is 18.9. The summed E-state index contributed by atoms with van der Waals surface area (Å²) in [6.07, 6.45) is 36.1. The van der Waals surface area contributed by atoms with E-state index in [1.165, 1.54) is 11.1 Å². The molecule has 0 fully saturated rings. The van der Waals surface area contributed by atoms with Crippen molar-refractivity contribution in [2.24, 2.45) is 32.1 Å².